The minimum Gasteiger partial charge on any atom is -0.466 e. The fraction of sp³-hybridized carbons (Fsp3) is 0.294. The number of aryl methyl sites for hydroxylation is 1. The molecule has 2 heterocycles. The van der Waals surface area contributed by atoms with Gasteiger partial charge in [0.25, 0.3) is 5.91 Å². The molecule has 0 radical (unpaired) electrons. The van der Waals surface area contributed by atoms with E-state index in [2.05, 4.69) is 15.4 Å². The number of aliphatic hydroxyl groups is 1. The normalized spacial score (nSPS) is 14.1. The van der Waals surface area contributed by atoms with Gasteiger partial charge < -0.3 is 20.1 Å². The summed E-state index contributed by atoms with van der Waals surface area (Å²) in [6, 6.07) is 7.19. The Morgan fingerprint density at radius 3 is 2.65 bits per heavy atom. The van der Waals surface area contributed by atoms with Crippen LogP contribution >= 0.6 is 0 Å². The number of hydrogen-bond acceptors (Lipinski definition) is 7. The zero-order chi connectivity index (χ0) is 18.7. The van der Waals surface area contributed by atoms with Gasteiger partial charge in [0, 0.05) is 12.2 Å². The lowest BCUT2D eigenvalue weighted by Crippen LogP contribution is -2.31. The number of benzene rings is 1. The van der Waals surface area contributed by atoms with Crippen LogP contribution in [0.4, 0.5) is 5.69 Å². The largest absolute Gasteiger partial charge is 0.466 e. The summed E-state index contributed by atoms with van der Waals surface area (Å²) in [7, 11) is 1.26. The first-order chi connectivity index (χ1) is 12.5. The van der Waals surface area contributed by atoms with Crippen molar-refractivity contribution in [1.29, 1.82) is 0 Å². The number of carbonyl (C=O) groups is 2. The van der Waals surface area contributed by atoms with E-state index >= 15 is 0 Å². The summed E-state index contributed by atoms with van der Waals surface area (Å²) in [6.07, 6.45) is 1.61. The third kappa shape index (κ3) is 3.42. The Bertz CT molecular complexity index is 856. The van der Waals surface area contributed by atoms with Gasteiger partial charge in [-0.3, -0.25) is 4.79 Å². The first-order valence-corrected chi connectivity index (χ1v) is 8.01. The van der Waals surface area contributed by atoms with Crippen LogP contribution in [0.5, 0.6) is 0 Å². The van der Waals surface area contributed by atoms with Gasteiger partial charge in [-0.15, -0.1) is 0 Å². The fourth-order valence-corrected chi connectivity index (χ4v) is 2.66. The molecule has 3 rings (SSSR count). The quantitative estimate of drug-likeness (QED) is 0.713. The van der Waals surface area contributed by atoms with Crippen LogP contribution in [0.1, 0.15) is 5.82 Å². The van der Waals surface area contributed by atoms with Crippen LogP contribution in [0.25, 0.3) is 5.69 Å². The first kappa shape index (κ1) is 17.6. The Morgan fingerprint density at radius 2 is 2.08 bits per heavy atom. The van der Waals surface area contributed by atoms with Crippen molar-refractivity contribution in [3.63, 3.8) is 0 Å². The zero-order valence-electron chi connectivity index (χ0n) is 14.5. The lowest BCUT2D eigenvalue weighted by Gasteiger charge is -2.15. The maximum Gasteiger partial charge on any atom is 0.337 e. The molecule has 1 amide bonds. The number of aliphatic hydroxyl groups excluding tert-OH is 1. The standard InChI is InChI=1S/C17H19N5O4/c1-11-18-10-22(20-11)13-5-3-12(4-6-13)19-15-14(17(25)26-2)9-21(7-8-23)16(15)24/h3-6,10,19,23H,7-9H2,1-2H3. The Morgan fingerprint density at radius 1 is 1.35 bits per heavy atom. The SMILES string of the molecule is COC(=O)C1=C(Nc2ccc(-n3cnc(C)n3)cc2)C(=O)N(CCO)C1. The van der Waals surface area contributed by atoms with Crippen LogP contribution in [0.3, 0.4) is 0 Å². The van der Waals surface area contributed by atoms with Gasteiger partial charge in [-0.1, -0.05) is 0 Å². The molecule has 1 aliphatic heterocycles. The summed E-state index contributed by atoms with van der Waals surface area (Å²) in [5.74, 6) is -0.257. The maximum atomic E-state index is 12.5. The third-order valence-electron chi connectivity index (χ3n) is 3.96. The van der Waals surface area contributed by atoms with Crippen LogP contribution in [0, 0.1) is 6.92 Å². The van der Waals surface area contributed by atoms with Gasteiger partial charge in [-0.05, 0) is 31.2 Å². The zero-order valence-corrected chi connectivity index (χ0v) is 14.5. The lowest BCUT2D eigenvalue weighted by atomic mass is 10.2. The van der Waals surface area contributed by atoms with Gasteiger partial charge in [-0.2, -0.15) is 5.10 Å². The Hall–Kier alpha value is -3.20. The summed E-state index contributed by atoms with van der Waals surface area (Å²) in [5, 5.41) is 16.3. The summed E-state index contributed by atoms with van der Waals surface area (Å²) >= 11 is 0. The molecule has 1 aromatic carbocycles. The van der Waals surface area contributed by atoms with E-state index in [0.717, 1.165) is 5.69 Å². The molecule has 1 aromatic heterocycles. The lowest BCUT2D eigenvalue weighted by molar-refractivity contribution is -0.136. The number of rotatable bonds is 6. The molecule has 0 bridgehead atoms. The van der Waals surface area contributed by atoms with Crippen molar-refractivity contribution < 1.29 is 19.4 Å². The van der Waals surface area contributed by atoms with Crippen molar-refractivity contribution in [1.82, 2.24) is 19.7 Å². The third-order valence-corrected chi connectivity index (χ3v) is 3.96. The summed E-state index contributed by atoms with van der Waals surface area (Å²) in [4.78, 5) is 29.9. The monoisotopic (exact) mass is 357 g/mol. The minimum atomic E-state index is -0.573. The number of aromatic nitrogens is 3. The Labute approximate surface area is 149 Å². The van der Waals surface area contributed by atoms with Gasteiger partial charge in [0.05, 0.1) is 31.5 Å². The fourth-order valence-electron chi connectivity index (χ4n) is 2.66. The van der Waals surface area contributed by atoms with Crippen molar-refractivity contribution in [3.05, 3.63) is 47.7 Å². The molecule has 2 N–H and O–H groups in total. The molecular weight excluding hydrogens is 338 g/mol. The van der Waals surface area contributed by atoms with Crippen LogP contribution in [-0.2, 0) is 14.3 Å². The van der Waals surface area contributed by atoms with Crippen LogP contribution in [0.2, 0.25) is 0 Å². The molecule has 0 saturated carbocycles. The van der Waals surface area contributed by atoms with Gasteiger partial charge in [0.1, 0.15) is 17.8 Å². The molecule has 0 saturated heterocycles. The molecule has 26 heavy (non-hydrogen) atoms. The molecule has 0 unspecified atom stereocenters. The minimum absolute atomic E-state index is 0.102. The van der Waals surface area contributed by atoms with Gasteiger partial charge in [-0.25, -0.2) is 14.5 Å². The van der Waals surface area contributed by atoms with Crippen molar-refractivity contribution in [3.8, 4) is 5.69 Å². The molecule has 0 aliphatic carbocycles. The van der Waals surface area contributed by atoms with E-state index in [0.29, 0.717) is 11.5 Å². The van der Waals surface area contributed by atoms with Crippen molar-refractivity contribution in [2.45, 2.75) is 6.92 Å². The highest BCUT2D eigenvalue weighted by Gasteiger charge is 2.34. The number of carbonyl (C=O) groups excluding carboxylic acids is 2. The summed E-state index contributed by atoms with van der Waals surface area (Å²) < 4.78 is 6.40. The molecular formula is C17H19N5O4. The highest BCUT2D eigenvalue weighted by molar-refractivity contribution is 6.08. The molecule has 9 nitrogen and oxygen atoms in total. The van der Waals surface area contributed by atoms with E-state index in [1.54, 1.807) is 30.1 Å². The van der Waals surface area contributed by atoms with Crippen LogP contribution in [-0.4, -0.2) is 63.5 Å². The number of ether oxygens (including phenoxy) is 1. The second-order valence-corrected chi connectivity index (χ2v) is 5.70. The number of β-amino-alcohol motifs (C(OH)–C–C–N with tert-alkyl or cyclic N) is 1. The number of amides is 1. The smallest absolute Gasteiger partial charge is 0.337 e. The highest BCUT2D eigenvalue weighted by atomic mass is 16.5. The van der Waals surface area contributed by atoms with Crippen LogP contribution < -0.4 is 5.32 Å². The van der Waals surface area contributed by atoms with Gasteiger partial charge >= 0.3 is 5.97 Å². The second kappa shape index (κ2) is 7.36. The number of hydrogen-bond donors (Lipinski definition) is 2. The predicted molar refractivity (Wildman–Crippen MR) is 92.4 cm³/mol. The summed E-state index contributed by atoms with van der Waals surface area (Å²) in [5.41, 5.74) is 1.86. The highest BCUT2D eigenvalue weighted by Crippen LogP contribution is 2.23. The van der Waals surface area contributed by atoms with E-state index in [9.17, 15) is 9.59 Å². The number of nitrogens with zero attached hydrogens (tertiary/aromatic N) is 4. The van der Waals surface area contributed by atoms with E-state index in [4.69, 9.17) is 9.84 Å². The van der Waals surface area contributed by atoms with E-state index in [-0.39, 0.29) is 36.9 Å². The van der Waals surface area contributed by atoms with E-state index < -0.39 is 5.97 Å². The molecule has 0 fully saturated rings. The summed E-state index contributed by atoms with van der Waals surface area (Å²) in [6.45, 7) is 1.87. The van der Waals surface area contributed by atoms with Crippen LogP contribution in [0.15, 0.2) is 41.9 Å². The average molecular weight is 357 g/mol. The van der Waals surface area contributed by atoms with Gasteiger partial charge in [0.2, 0.25) is 0 Å². The number of nitrogens with one attached hydrogen (secondary N) is 1. The van der Waals surface area contributed by atoms with Crippen molar-refractivity contribution in [2.75, 3.05) is 32.1 Å². The second-order valence-electron chi connectivity index (χ2n) is 5.70. The molecule has 2 aromatic rings. The van der Waals surface area contributed by atoms with Crippen molar-refractivity contribution in [2.24, 2.45) is 0 Å². The van der Waals surface area contributed by atoms with Crippen molar-refractivity contribution >= 4 is 17.6 Å². The van der Waals surface area contributed by atoms with E-state index in [1.165, 1.54) is 12.0 Å². The number of esters is 1. The van der Waals surface area contributed by atoms with E-state index in [1.807, 2.05) is 12.1 Å². The number of methoxy groups -OCH3 is 1. The molecule has 9 heteroatoms. The first-order valence-electron chi connectivity index (χ1n) is 8.01. The molecule has 0 atom stereocenters. The average Bonchev–Trinajstić information content (AvgIpc) is 3.21. The number of anilines is 1. The maximum absolute atomic E-state index is 12.5. The Balaban J connectivity index is 1.83. The molecule has 0 spiro atoms. The Kier molecular flexibility index (Phi) is 4.99. The molecule has 136 valence electrons. The van der Waals surface area contributed by atoms with Gasteiger partial charge in [0.15, 0.2) is 0 Å². The molecule has 1 aliphatic rings. The topological polar surface area (TPSA) is 110 Å². The predicted octanol–water partition coefficient (Wildman–Crippen LogP) is 0.249.